The molecule has 0 saturated carbocycles. The van der Waals surface area contributed by atoms with E-state index in [1.54, 1.807) is 0 Å². The lowest BCUT2D eigenvalue weighted by atomic mass is 9.87. The van der Waals surface area contributed by atoms with Gasteiger partial charge in [-0.3, -0.25) is 0 Å². The molecule has 0 N–H and O–H groups in total. The van der Waals surface area contributed by atoms with Crippen LogP contribution in [0.3, 0.4) is 0 Å². The predicted molar refractivity (Wildman–Crippen MR) is 215 cm³/mol. The van der Waals surface area contributed by atoms with Crippen LogP contribution in [0.25, 0.3) is 71.9 Å². The lowest BCUT2D eigenvalue weighted by Gasteiger charge is -2.37. The molecule has 8 aromatic rings. The first-order valence-corrected chi connectivity index (χ1v) is 17.2. The predicted octanol–water partition coefficient (Wildman–Crippen LogP) is 13.4. The van der Waals surface area contributed by atoms with Crippen molar-refractivity contribution in [2.24, 2.45) is 0 Å². The molecule has 0 radical (unpaired) electrons. The van der Waals surface area contributed by atoms with E-state index in [4.69, 9.17) is 6.58 Å². The van der Waals surface area contributed by atoms with Crippen LogP contribution >= 0.6 is 0 Å². The Labute approximate surface area is 293 Å². The third-order valence-electron chi connectivity index (χ3n) is 10.1. The molecule has 0 aromatic heterocycles. The van der Waals surface area contributed by atoms with E-state index in [9.17, 15) is 0 Å². The van der Waals surface area contributed by atoms with E-state index in [2.05, 4.69) is 194 Å². The van der Waals surface area contributed by atoms with E-state index in [0.29, 0.717) is 0 Å². The summed E-state index contributed by atoms with van der Waals surface area (Å²) in [6, 6.07) is 65.8. The normalized spacial score (nSPS) is 12.8. The third-order valence-corrected chi connectivity index (χ3v) is 10.1. The number of allylic oxidation sites excluding steroid dienone is 1. The van der Waals surface area contributed by atoms with Gasteiger partial charge in [0.1, 0.15) is 0 Å². The lowest BCUT2D eigenvalue weighted by Crippen LogP contribution is -2.24. The monoisotopic (exact) mass is 637 g/mol. The lowest BCUT2D eigenvalue weighted by molar-refractivity contribution is 1.27. The van der Waals surface area contributed by atoms with Crippen molar-refractivity contribution in [2.45, 2.75) is 6.92 Å². The van der Waals surface area contributed by atoms with Gasteiger partial charge < -0.3 is 4.90 Å². The molecular weight excluding hydrogens is 603 g/mol. The maximum Gasteiger partial charge on any atom is 0.0569 e. The maximum atomic E-state index is 4.74. The van der Waals surface area contributed by atoms with Crippen LogP contribution in [0.1, 0.15) is 23.6 Å². The van der Waals surface area contributed by atoms with Crippen LogP contribution in [0.2, 0.25) is 0 Å². The molecule has 8 aromatic carbocycles. The average molecular weight is 638 g/mol. The second-order valence-corrected chi connectivity index (χ2v) is 13.1. The van der Waals surface area contributed by atoms with E-state index in [0.717, 1.165) is 28.2 Å². The Morgan fingerprint density at radius 2 is 0.880 bits per heavy atom. The second kappa shape index (κ2) is 12.2. The summed E-state index contributed by atoms with van der Waals surface area (Å²) in [6.07, 6.45) is 0. The zero-order valence-electron chi connectivity index (χ0n) is 28.0. The van der Waals surface area contributed by atoms with Gasteiger partial charge in [0.2, 0.25) is 0 Å². The number of benzene rings is 8. The summed E-state index contributed by atoms with van der Waals surface area (Å²) in [5.41, 5.74) is 15.2. The standard InChI is InChI=1S/C49H35N/c1-33(35-13-5-3-6-14-35)49(37-16-7-4-8-17-37)50-34(2)45-28-27-44(32-47(45)46-19-11-12-20-48(46)50)43-26-25-41-30-40(23-24-42(41)31-43)39-22-21-36-15-9-10-18-38(36)29-39/h3-32H,2H2,1H3/b49-33+. The Hall–Kier alpha value is -6.44. The van der Waals surface area contributed by atoms with Gasteiger partial charge in [0.05, 0.1) is 11.4 Å². The quantitative estimate of drug-likeness (QED) is 0.170. The summed E-state index contributed by atoms with van der Waals surface area (Å²) < 4.78 is 0. The number of para-hydroxylation sites is 1. The largest absolute Gasteiger partial charge is 0.309 e. The molecule has 9 rings (SSSR count). The van der Waals surface area contributed by atoms with Crippen LogP contribution in [0, 0.1) is 0 Å². The molecule has 0 amide bonds. The van der Waals surface area contributed by atoms with Crippen LogP contribution in [-0.4, -0.2) is 0 Å². The molecule has 0 fully saturated rings. The highest BCUT2D eigenvalue weighted by Gasteiger charge is 2.30. The highest BCUT2D eigenvalue weighted by molar-refractivity contribution is 6.11. The van der Waals surface area contributed by atoms with Gasteiger partial charge in [-0.25, -0.2) is 0 Å². The molecule has 0 bridgehead atoms. The van der Waals surface area contributed by atoms with E-state index < -0.39 is 0 Å². The number of rotatable bonds is 5. The maximum absolute atomic E-state index is 4.74. The first-order valence-electron chi connectivity index (χ1n) is 17.2. The molecule has 0 unspecified atom stereocenters. The van der Waals surface area contributed by atoms with E-state index in [-0.39, 0.29) is 0 Å². The zero-order valence-corrected chi connectivity index (χ0v) is 28.0. The van der Waals surface area contributed by atoms with Gasteiger partial charge in [-0.15, -0.1) is 0 Å². The second-order valence-electron chi connectivity index (χ2n) is 13.1. The molecule has 1 heterocycles. The van der Waals surface area contributed by atoms with E-state index >= 15 is 0 Å². The molecule has 1 nitrogen and oxygen atoms in total. The fraction of sp³-hybridized carbons (Fsp3) is 0.0204. The molecule has 0 aliphatic carbocycles. The number of anilines is 1. The Morgan fingerprint density at radius 1 is 0.400 bits per heavy atom. The fourth-order valence-electron chi connectivity index (χ4n) is 7.52. The summed E-state index contributed by atoms with van der Waals surface area (Å²) in [6.45, 7) is 6.96. The highest BCUT2D eigenvalue weighted by Crippen LogP contribution is 2.49. The first kappa shape index (κ1) is 29.7. The van der Waals surface area contributed by atoms with Gasteiger partial charge >= 0.3 is 0 Å². The molecule has 1 heteroatoms. The minimum absolute atomic E-state index is 0.971. The summed E-state index contributed by atoms with van der Waals surface area (Å²) in [7, 11) is 0. The first-order chi connectivity index (χ1) is 24.6. The molecule has 0 spiro atoms. The van der Waals surface area contributed by atoms with Crippen molar-refractivity contribution in [3.8, 4) is 33.4 Å². The van der Waals surface area contributed by atoms with Gasteiger partial charge in [-0.2, -0.15) is 0 Å². The number of hydrogen-bond acceptors (Lipinski definition) is 1. The minimum atomic E-state index is 0.971. The summed E-state index contributed by atoms with van der Waals surface area (Å²) in [5, 5.41) is 5.00. The van der Waals surface area contributed by atoms with Gasteiger partial charge in [0.25, 0.3) is 0 Å². The molecular formula is C49H35N. The van der Waals surface area contributed by atoms with Crippen LogP contribution < -0.4 is 4.90 Å². The number of hydrogen-bond donors (Lipinski definition) is 0. The topological polar surface area (TPSA) is 3.24 Å². The molecule has 1 aliphatic heterocycles. The molecule has 236 valence electrons. The van der Waals surface area contributed by atoms with Crippen molar-refractivity contribution in [1.82, 2.24) is 0 Å². The van der Waals surface area contributed by atoms with Crippen molar-refractivity contribution in [1.29, 1.82) is 0 Å². The van der Waals surface area contributed by atoms with Crippen LogP contribution in [0.5, 0.6) is 0 Å². The Bertz CT molecular complexity index is 2610. The van der Waals surface area contributed by atoms with Gasteiger partial charge in [-0.1, -0.05) is 158 Å². The third kappa shape index (κ3) is 5.12. The van der Waals surface area contributed by atoms with Gasteiger partial charge in [-0.05, 0) is 103 Å². The van der Waals surface area contributed by atoms with E-state index in [1.807, 2.05) is 0 Å². The van der Waals surface area contributed by atoms with Gasteiger partial charge in [0.15, 0.2) is 0 Å². The highest BCUT2D eigenvalue weighted by atomic mass is 15.2. The van der Waals surface area contributed by atoms with E-state index in [1.165, 1.54) is 66.1 Å². The summed E-state index contributed by atoms with van der Waals surface area (Å²) in [5.74, 6) is 0. The SMILES string of the molecule is C=C1c2ccc(-c3ccc4cc(-c5ccc6ccccc6c5)ccc4c3)cc2-c2ccccc2N1/C(=C(\C)c1ccccc1)c1ccccc1. The molecule has 1 aliphatic rings. The summed E-state index contributed by atoms with van der Waals surface area (Å²) >= 11 is 0. The zero-order chi connectivity index (χ0) is 33.6. The number of fused-ring (bicyclic) bond motifs is 5. The van der Waals surface area contributed by atoms with Crippen LogP contribution in [0.4, 0.5) is 5.69 Å². The Kier molecular flexibility index (Phi) is 7.25. The molecule has 50 heavy (non-hydrogen) atoms. The smallest absolute Gasteiger partial charge is 0.0569 e. The fourth-order valence-corrected chi connectivity index (χ4v) is 7.52. The minimum Gasteiger partial charge on any atom is -0.309 e. The van der Waals surface area contributed by atoms with Crippen LogP contribution in [0.15, 0.2) is 189 Å². The van der Waals surface area contributed by atoms with Crippen molar-refractivity contribution in [3.63, 3.8) is 0 Å². The molecule has 0 saturated heterocycles. The van der Waals surface area contributed by atoms with Crippen molar-refractivity contribution >= 4 is 44.2 Å². The number of nitrogens with zero attached hydrogens (tertiary/aromatic N) is 1. The Morgan fingerprint density at radius 3 is 1.54 bits per heavy atom. The van der Waals surface area contributed by atoms with Crippen molar-refractivity contribution < 1.29 is 0 Å². The van der Waals surface area contributed by atoms with Crippen molar-refractivity contribution in [3.05, 3.63) is 205 Å². The molecule has 0 atom stereocenters. The summed E-state index contributed by atoms with van der Waals surface area (Å²) in [4.78, 5) is 2.36. The van der Waals surface area contributed by atoms with Crippen LogP contribution in [-0.2, 0) is 0 Å². The average Bonchev–Trinajstić information content (AvgIpc) is 3.19. The van der Waals surface area contributed by atoms with Gasteiger partial charge in [0, 0.05) is 16.8 Å². The van der Waals surface area contributed by atoms with Crippen molar-refractivity contribution in [2.75, 3.05) is 4.90 Å². The Balaban J connectivity index is 1.12.